The van der Waals surface area contributed by atoms with Crippen LogP contribution in [0.15, 0.2) is 41.4 Å². The lowest BCUT2D eigenvalue weighted by Gasteiger charge is -2.04. The summed E-state index contributed by atoms with van der Waals surface area (Å²) in [5.74, 6) is 0.913. The van der Waals surface area contributed by atoms with Crippen molar-refractivity contribution in [1.29, 1.82) is 0 Å². The summed E-state index contributed by atoms with van der Waals surface area (Å²) < 4.78 is 1.79. The second kappa shape index (κ2) is 5.07. The van der Waals surface area contributed by atoms with Gasteiger partial charge in [-0.25, -0.2) is 0 Å². The molecule has 84 valence electrons. The molecule has 0 amide bonds. The van der Waals surface area contributed by atoms with Gasteiger partial charge in [-0.3, -0.25) is 4.68 Å². The van der Waals surface area contributed by atoms with E-state index in [-0.39, 0.29) is 0 Å². The van der Waals surface area contributed by atoms with E-state index < -0.39 is 0 Å². The van der Waals surface area contributed by atoms with Gasteiger partial charge in [-0.05, 0) is 24.0 Å². The third-order valence-corrected chi connectivity index (χ3v) is 3.09. The Kier molecular flexibility index (Phi) is 3.51. The zero-order chi connectivity index (χ0) is 11.4. The van der Waals surface area contributed by atoms with E-state index in [1.54, 1.807) is 16.4 Å². The molecule has 0 aliphatic rings. The van der Waals surface area contributed by atoms with Crippen LogP contribution in [0.5, 0.6) is 0 Å². The highest BCUT2D eigenvalue weighted by Gasteiger charge is 1.97. The first-order valence-electron chi connectivity index (χ1n) is 5.14. The van der Waals surface area contributed by atoms with Crippen LogP contribution in [-0.2, 0) is 13.6 Å². The molecule has 1 aromatic carbocycles. The van der Waals surface area contributed by atoms with E-state index in [0.717, 1.165) is 12.4 Å². The van der Waals surface area contributed by atoms with E-state index in [0.29, 0.717) is 0 Å². The monoisotopic (exact) mass is 233 g/mol. The zero-order valence-corrected chi connectivity index (χ0v) is 10.3. The third-order valence-electron chi connectivity index (χ3n) is 2.35. The summed E-state index contributed by atoms with van der Waals surface area (Å²) in [5, 5.41) is 7.54. The molecule has 3 nitrogen and oxygen atoms in total. The quantitative estimate of drug-likeness (QED) is 0.824. The standard InChI is InChI=1S/C12H15N3S/c1-15-8-7-12(14-15)13-9-10-3-5-11(16-2)6-4-10/h3-8H,9H2,1-2H3,(H,13,14). The van der Waals surface area contributed by atoms with Gasteiger partial charge in [0.25, 0.3) is 0 Å². The number of nitrogens with one attached hydrogen (secondary N) is 1. The van der Waals surface area contributed by atoms with Gasteiger partial charge in [0.15, 0.2) is 0 Å². The number of aryl methyl sites for hydroxylation is 1. The maximum Gasteiger partial charge on any atom is 0.148 e. The molecular weight excluding hydrogens is 218 g/mol. The summed E-state index contributed by atoms with van der Waals surface area (Å²) >= 11 is 1.76. The van der Waals surface area contributed by atoms with Crippen molar-refractivity contribution in [2.24, 2.45) is 7.05 Å². The number of anilines is 1. The maximum atomic E-state index is 4.26. The van der Waals surface area contributed by atoms with E-state index in [1.807, 2.05) is 19.3 Å². The minimum atomic E-state index is 0.811. The molecule has 4 heteroatoms. The van der Waals surface area contributed by atoms with Gasteiger partial charge >= 0.3 is 0 Å². The number of aromatic nitrogens is 2. The summed E-state index contributed by atoms with van der Waals surface area (Å²) in [6.45, 7) is 0.811. The summed E-state index contributed by atoms with van der Waals surface area (Å²) in [6.07, 6.45) is 4.01. The van der Waals surface area contributed by atoms with Crippen molar-refractivity contribution in [1.82, 2.24) is 9.78 Å². The predicted molar refractivity (Wildman–Crippen MR) is 68.8 cm³/mol. The fourth-order valence-corrected chi connectivity index (χ4v) is 1.85. The number of nitrogens with zero attached hydrogens (tertiary/aromatic N) is 2. The molecule has 16 heavy (non-hydrogen) atoms. The maximum absolute atomic E-state index is 4.26. The fraction of sp³-hybridized carbons (Fsp3) is 0.250. The molecular formula is C12H15N3S. The van der Waals surface area contributed by atoms with Crippen LogP contribution in [0.25, 0.3) is 0 Å². The summed E-state index contributed by atoms with van der Waals surface area (Å²) in [5.41, 5.74) is 1.27. The molecule has 0 saturated heterocycles. The van der Waals surface area contributed by atoms with Gasteiger partial charge in [-0.15, -0.1) is 11.8 Å². The molecule has 1 heterocycles. The average molecular weight is 233 g/mol. The minimum Gasteiger partial charge on any atom is -0.365 e. The van der Waals surface area contributed by atoms with Crippen molar-refractivity contribution >= 4 is 17.6 Å². The molecule has 0 spiro atoms. The van der Waals surface area contributed by atoms with Gasteiger partial charge < -0.3 is 5.32 Å². The SMILES string of the molecule is CSc1ccc(CNc2ccn(C)n2)cc1. The molecule has 2 rings (SSSR count). The largest absolute Gasteiger partial charge is 0.365 e. The van der Waals surface area contributed by atoms with Crippen molar-refractivity contribution in [2.75, 3.05) is 11.6 Å². The number of thioether (sulfide) groups is 1. The van der Waals surface area contributed by atoms with E-state index in [1.165, 1.54) is 10.5 Å². The molecule has 0 saturated carbocycles. The van der Waals surface area contributed by atoms with Crippen LogP contribution in [0.3, 0.4) is 0 Å². The van der Waals surface area contributed by atoms with Crippen LogP contribution >= 0.6 is 11.8 Å². The van der Waals surface area contributed by atoms with Crippen LogP contribution in [0, 0.1) is 0 Å². The molecule has 2 aromatic rings. The highest BCUT2D eigenvalue weighted by Crippen LogP contribution is 2.15. The van der Waals surface area contributed by atoms with Gasteiger partial charge in [-0.2, -0.15) is 5.10 Å². The summed E-state index contributed by atoms with van der Waals surface area (Å²) in [4.78, 5) is 1.29. The van der Waals surface area contributed by atoms with Gasteiger partial charge in [0.05, 0.1) is 0 Å². The molecule has 1 aromatic heterocycles. The molecule has 0 atom stereocenters. The molecule has 0 aliphatic carbocycles. The number of hydrogen-bond acceptors (Lipinski definition) is 3. The van der Waals surface area contributed by atoms with Crippen molar-refractivity contribution in [3.63, 3.8) is 0 Å². The zero-order valence-electron chi connectivity index (χ0n) is 9.47. The highest BCUT2D eigenvalue weighted by atomic mass is 32.2. The first-order valence-corrected chi connectivity index (χ1v) is 6.37. The smallest absolute Gasteiger partial charge is 0.148 e. The highest BCUT2D eigenvalue weighted by molar-refractivity contribution is 7.98. The lowest BCUT2D eigenvalue weighted by atomic mass is 10.2. The lowest BCUT2D eigenvalue weighted by molar-refractivity contribution is 0.768. The Balaban J connectivity index is 1.94. The van der Waals surface area contributed by atoms with Gasteiger partial charge in [0.1, 0.15) is 5.82 Å². The van der Waals surface area contributed by atoms with Crippen LogP contribution in [0.1, 0.15) is 5.56 Å². The van der Waals surface area contributed by atoms with E-state index in [4.69, 9.17) is 0 Å². The van der Waals surface area contributed by atoms with Crippen LogP contribution in [0.2, 0.25) is 0 Å². The van der Waals surface area contributed by atoms with Gasteiger partial charge in [-0.1, -0.05) is 12.1 Å². The Morgan fingerprint density at radius 1 is 1.25 bits per heavy atom. The topological polar surface area (TPSA) is 29.9 Å². The summed E-state index contributed by atoms with van der Waals surface area (Å²) in [6, 6.07) is 10.5. The molecule has 0 fully saturated rings. The Labute approximate surface area is 99.9 Å². The minimum absolute atomic E-state index is 0.811. The van der Waals surface area contributed by atoms with Gasteiger partial charge in [0.2, 0.25) is 0 Å². The number of hydrogen-bond donors (Lipinski definition) is 1. The first-order chi connectivity index (χ1) is 7.78. The third kappa shape index (κ3) is 2.79. The lowest BCUT2D eigenvalue weighted by Crippen LogP contribution is -2.00. The van der Waals surface area contributed by atoms with Crippen LogP contribution < -0.4 is 5.32 Å². The van der Waals surface area contributed by atoms with E-state index in [9.17, 15) is 0 Å². The van der Waals surface area contributed by atoms with Crippen LogP contribution in [-0.4, -0.2) is 16.0 Å². The fourth-order valence-electron chi connectivity index (χ4n) is 1.45. The Hall–Kier alpha value is -1.42. The molecule has 0 radical (unpaired) electrons. The predicted octanol–water partition coefficient (Wildman–Crippen LogP) is 2.75. The Morgan fingerprint density at radius 3 is 2.56 bits per heavy atom. The first kappa shape index (κ1) is 11.1. The molecule has 0 bridgehead atoms. The second-order valence-corrected chi connectivity index (χ2v) is 4.46. The average Bonchev–Trinajstić information content (AvgIpc) is 2.73. The van der Waals surface area contributed by atoms with E-state index >= 15 is 0 Å². The summed E-state index contributed by atoms with van der Waals surface area (Å²) in [7, 11) is 1.92. The number of benzene rings is 1. The molecule has 0 aliphatic heterocycles. The Bertz CT molecular complexity index is 448. The van der Waals surface area contributed by atoms with Crippen molar-refractivity contribution in [3.8, 4) is 0 Å². The van der Waals surface area contributed by atoms with Gasteiger partial charge in [0, 0.05) is 30.8 Å². The van der Waals surface area contributed by atoms with Crippen molar-refractivity contribution in [2.45, 2.75) is 11.4 Å². The second-order valence-electron chi connectivity index (χ2n) is 3.58. The van der Waals surface area contributed by atoms with Crippen molar-refractivity contribution in [3.05, 3.63) is 42.1 Å². The number of rotatable bonds is 4. The van der Waals surface area contributed by atoms with E-state index in [2.05, 4.69) is 40.9 Å². The molecule has 1 N–H and O–H groups in total. The normalized spacial score (nSPS) is 10.4. The van der Waals surface area contributed by atoms with Crippen LogP contribution in [0.4, 0.5) is 5.82 Å². The molecule has 0 unspecified atom stereocenters. The Morgan fingerprint density at radius 2 is 2.00 bits per heavy atom. The van der Waals surface area contributed by atoms with Crippen molar-refractivity contribution < 1.29 is 0 Å².